The molecule has 3 aliphatic rings. The molecule has 3 aliphatic heterocycles. The molecule has 0 amide bonds. The molecule has 0 spiro atoms. The standard InChI is InChI=1S/C24H34O7/c1-14-7-8-20(29-17(4)26)23(5)12-10-21(30-23)24(6)11-9-18(15(2)22(27)31-24)13-19(14)28-16(3)25/h7,18-21H,2,8-13H2,1,3-6H3/b14-7-/t18-,19-,20-,21-,23+,24+/m0/s1. The molecule has 0 aromatic carbocycles. The van der Waals surface area contributed by atoms with Crippen LogP contribution in [0.5, 0.6) is 0 Å². The van der Waals surface area contributed by atoms with E-state index in [0.717, 1.165) is 5.57 Å². The van der Waals surface area contributed by atoms with Crippen molar-refractivity contribution < 1.29 is 33.3 Å². The number of hydrogen-bond acceptors (Lipinski definition) is 7. The fourth-order valence-corrected chi connectivity index (χ4v) is 4.98. The van der Waals surface area contributed by atoms with Crippen molar-refractivity contribution in [2.75, 3.05) is 0 Å². The number of carbonyl (C=O) groups is 3. The van der Waals surface area contributed by atoms with Gasteiger partial charge in [-0.2, -0.15) is 0 Å². The lowest BCUT2D eigenvalue weighted by Crippen LogP contribution is -2.47. The van der Waals surface area contributed by atoms with E-state index in [1.165, 1.54) is 13.8 Å². The number of rotatable bonds is 2. The summed E-state index contributed by atoms with van der Waals surface area (Å²) >= 11 is 0. The molecule has 7 nitrogen and oxygen atoms in total. The van der Waals surface area contributed by atoms with Crippen LogP contribution < -0.4 is 0 Å². The molecule has 0 saturated carbocycles. The molecular weight excluding hydrogens is 400 g/mol. The van der Waals surface area contributed by atoms with Crippen LogP contribution in [0.4, 0.5) is 0 Å². The zero-order valence-corrected chi connectivity index (χ0v) is 19.2. The van der Waals surface area contributed by atoms with Crippen molar-refractivity contribution in [2.45, 2.75) is 103 Å². The minimum absolute atomic E-state index is 0.167. The quantitative estimate of drug-likeness (QED) is 0.283. The first-order valence-electron chi connectivity index (χ1n) is 11.0. The lowest BCUT2D eigenvalue weighted by atomic mass is 9.83. The van der Waals surface area contributed by atoms with Crippen molar-refractivity contribution in [3.05, 3.63) is 23.8 Å². The number of ether oxygens (including phenoxy) is 4. The van der Waals surface area contributed by atoms with Crippen molar-refractivity contribution in [3.63, 3.8) is 0 Å². The fourth-order valence-electron chi connectivity index (χ4n) is 4.98. The number of fused-ring (bicyclic) bond motifs is 6. The summed E-state index contributed by atoms with van der Waals surface area (Å²) in [6.45, 7) is 12.5. The van der Waals surface area contributed by atoms with Gasteiger partial charge in [0, 0.05) is 25.8 Å². The van der Waals surface area contributed by atoms with Crippen LogP contribution >= 0.6 is 0 Å². The zero-order valence-electron chi connectivity index (χ0n) is 19.2. The van der Waals surface area contributed by atoms with Crippen molar-refractivity contribution >= 4 is 17.9 Å². The van der Waals surface area contributed by atoms with Crippen LogP contribution in [-0.4, -0.2) is 47.4 Å². The van der Waals surface area contributed by atoms with Crippen molar-refractivity contribution in [1.29, 1.82) is 0 Å². The van der Waals surface area contributed by atoms with Gasteiger partial charge in [0.2, 0.25) is 0 Å². The maximum absolute atomic E-state index is 12.9. The summed E-state index contributed by atoms with van der Waals surface area (Å²) in [5.41, 5.74) is -0.265. The van der Waals surface area contributed by atoms with E-state index in [9.17, 15) is 14.4 Å². The van der Waals surface area contributed by atoms with E-state index in [2.05, 4.69) is 6.58 Å². The zero-order chi connectivity index (χ0) is 23.0. The van der Waals surface area contributed by atoms with E-state index in [4.69, 9.17) is 18.9 Å². The maximum atomic E-state index is 12.9. The summed E-state index contributed by atoms with van der Waals surface area (Å²) in [5, 5.41) is 0. The Morgan fingerprint density at radius 2 is 1.74 bits per heavy atom. The molecule has 172 valence electrons. The van der Waals surface area contributed by atoms with E-state index < -0.39 is 29.4 Å². The topological polar surface area (TPSA) is 88.1 Å². The Kier molecular flexibility index (Phi) is 6.65. The van der Waals surface area contributed by atoms with Gasteiger partial charge < -0.3 is 18.9 Å². The second-order valence-corrected chi connectivity index (χ2v) is 9.54. The monoisotopic (exact) mass is 434 g/mol. The second kappa shape index (κ2) is 8.77. The molecular formula is C24H34O7. The third kappa shape index (κ3) is 5.03. The molecule has 3 rings (SSSR count). The smallest absolute Gasteiger partial charge is 0.334 e. The van der Waals surface area contributed by atoms with Crippen molar-refractivity contribution in [1.82, 2.24) is 0 Å². The SMILES string of the molecule is C=C1C(=O)O[C@]2(C)CC[C@H]1C[C@H](OC(C)=O)/C(C)=C\C[C@H](OC(C)=O)[C@@]1(C)CC[C@@H]2O1. The highest BCUT2D eigenvalue weighted by Gasteiger charge is 2.52. The Morgan fingerprint density at radius 1 is 1.10 bits per heavy atom. The van der Waals surface area contributed by atoms with Gasteiger partial charge in [0.05, 0.1) is 6.10 Å². The number of esters is 3. The summed E-state index contributed by atoms with van der Waals surface area (Å²) in [6.07, 6.45) is 4.19. The van der Waals surface area contributed by atoms with Crippen LogP contribution in [0.25, 0.3) is 0 Å². The lowest BCUT2D eigenvalue weighted by molar-refractivity contribution is -0.193. The average Bonchev–Trinajstić information content (AvgIpc) is 3.05. The summed E-state index contributed by atoms with van der Waals surface area (Å²) in [7, 11) is 0. The third-order valence-corrected chi connectivity index (χ3v) is 7.02. The van der Waals surface area contributed by atoms with Gasteiger partial charge in [-0.25, -0.2) is 4.79 Å². The first kappa shape index (κ1) is 23.5. The van der Waals surface area contributed by atoms with E-state index in [-0.39, 0.29) is 24.0 Å². The molecule has 2 fully saturated rings. The Morgan fingerprint density at radius 3 is 2.39 bits per heavy atom. The molecule has 2 saturated heterocycles. The van der Waals surface area contributed by atoms with E-state index >= 15 is 0 Å². The molecule has 7 heteroatoms. The van der Waals surface area contributed by atoms with Crippen LogP contribution in [0.15, 0.2) is 23.8 Å². The molecule has 0 aliphatic carbocycles. The van der Waals surface area contributed by atoms with Gasteiger partial charge in [0.1, 0.15) is 23.4 Å². The molecule has 31 heavy (non-hydrogen) atoms. The highest BCUT2D eigenvalue weighted by molar-refractivity contribution is 5.89. The fraction of sp³-hybridized carbons (Fsp3) is 0.708. The Hall–Kier alpha value is -2.15. The summed E-state index contributed by atoms with van der Waals surface area (Å²) in [4.78, 5) is 36.4. The van der Waals surface area contributed by atoms with E-state index in [1.54, 1.807) is 0 Å². The predicted octanol–water partition coefficient (Wildman–Crippen LogP) is 3.80. The molecule has 0 aromatic heterocycles. The van der Waals surface area contributed by atoms with Gasteiger partial charge in [0.15, 0.2) is 0 Å². The first-order valence-corrected chi connectivity index (χ1v) is 11.0. The molecule has 4 bridgehead atoms. The largest absolute Gasteiger partial charge is 0.459 e. The second-order valence-electron chi connectivity index (χ2n) is 9.54. The van der Waals surface area contributed by atoms with Gasteiger partial charge in [-0.15, -0.1) is 0 Å². The van der Waals surface area contributed by atoms with Crippen LogP contribution in [0, 0.1) is 5.92 Å². The molecule has 3 heterocycles. The highest BCUT2D eigenvalue weighted by Crippen LogP contribution is 2.45. The van der Waals surface area contributed by atoms with Crippen LogP contribution in [-0.2, 0) is 33.3 Å². The van der Waals surface area contributed by atoms with E-state index in [0.29, 0.717) is 44.1 Å². The summed E-state index contributed by atoms with van der Waals surface area (Å²) < 4.78 is 23.7. The molecule has 0 radical (unpaired) electrons. The maximum Gasteiger partial charge on any atom is 0.334 e. The number of carbonyl (C=O) groups excluding carboxylic acids is 3. The molecule has 6 atom stereocenters. The van der Waals surface area contributed by atoms with Crippen LogP contribution in [0.1, 0.15) is 73.1 Å². The average molecular weight is 435 g/mol. The third-order valence-electron chi connectivity index (χ3n) is 7.02. The van der Waals surface area contributed by atoms with Gasteiger partial charge in [-0.1, -0.05) is 12.7 Å². The summed E-state index contributed by atoms with van der Waals surface area (Å²) in [6, 6.07) is 0. The van der Waals surface area contributed by atoms with Crippen molar-refractivity contribution in [3.8, 4) is 0 Å². The van der Waals surface area contributed by atoms with Gasteiger partial charge in [-0.3, -0.25) is 9.59 Å². The van der Waals surface area contributed by atoms with Gasteiger partial charge in [0.25, 0.3) is 0 Å². The summed E-state index contributed by atoms with van der Waals surface area (Å²) in [5.74, 6) is -1.37. The van der Waals surface area contributed by atoms with Crippen LogP contribution in [0.2, 0.25) is 0 Å². The lowest BCUT2D eigenvalue weighted by Gasteiger charge is -2.37. The molecule has 0 N–H and O–H groups in total. The minimum Gasteiger partial charge on any atom is -0.459 e. The number of hydrogen-bond donors (Lipinski definition) is 0. The predicted molar refractivity (Wildman–Crippen MR) is 113 cm³/mol. The first-order chi connectivity index (χ1) is 14.4. The Balaban J connectivity index is 2.04. The minimum atomic E-state index is -0.805. The van der Waals surface area contributed by atoms with Crippen molar-refractivity contribution in [2.24, 2.45) is 5.92 Å². The molecule has 0 aromatic rings. The van der Waals surface area contributed by atoms with E-state index in [1.807, 2.05) is 26.8 Å². The van der Waals surface area contributed by atoms with Crippen LogP contribution in [0.3, 0.4) is 0 Å². The Bertz CT molecular complexity index is 800. The highest BCUT2D eigenvalue weighted by atomic mass is 16.6. The van der Waals surface area contributed by atoms with Gasteiger partial charge >= 0.3 is 17.9 Å². The molecule has 0 unspecified atom stereocenters. The normalized spacial score (nSPS) is 40.4. The Labute approximate surface area is 184 Å². The van der Waals surface area contributed by atoms with Gasteiger partial charge in [-0.05, 0) is 64.4 Å².